The van der Waals surface area contributed by atoms with Crippen molar-refractivity contribution in [3.05, 3.63) is 23.9 Å². The fourth-order valence-corrected chi connectivity index (χ4v) is 2.35. The van der Waals surface area contributed by atoms with E-state index in [0.29, 0.717) is 11.7 Å². The van der Waals surface area contributed by atoms with Gasteiger partial charge in [-0.2, -0.15) is 0 Å². The fourth-order valence-electron chi connectivity index (χ4n) is 2.35. The van der Waals surface area contributed by atoms with Gasteiger partial charge in [-0.25, -0.2) is 4.98 Å². The molecule has 0 radical (unpaired) electrons. The first kappa shape index (κ1) is 12.9. The summed E-state index contributed by atoms with van der Waals surface area (Å²) in [4.78, 5) is 16.4. The van der Waals surface area contributed by atoms with Gasteiger partial charge in [0.25, 0.3) is 5.91 Å². The van der Waals surface area contributed by atoms with E-state index in [4.69, 9.17) is 0 Å². The number of hydrogen-bond donors (Lipinski definition) is 2. The topological polar surface area (TPSA) is 54.0 Å². The lowest BCUT2D eigenvalue weighted by Crippen LogP contribution is -2.36. The Hall–Kier alpha value is -1.58. The van der Waals surface area contributed by atoms with Gasteiger partial charge in [0.2, 0.25) is 0 Å². The third-order valence-corrected chi connectivity index (χ3v) is 3.28. The second-order valence-electron chi connectivity index (χ2n) is 4.75. The molecule has 1 amide bonds. The molecule has 4 heteroatoms. The first-order valence-corrected chi connectivity index (χ1v) is 6.81. The van der Waals surface area contributed by atoms with Crippen LogP contribution in [-0.4, -0.2) is 23.5 Å². The molecule has 1 fully saturated rings. The van der Waals surface area contributed by atoms with Crippen LogP contribution in [0.4, 0.5) is 5.82 Å². The Balaban J connectivity index is 1.96. The molecular weight excluding hydrogens is 226 g/mol. The third-order valence-electron chi connectivity index (χ3n) is 3.28. The summed E-state index contributed by atoms with van der Waals surface area (Å²) >= 11 is 0. The number of hydrogen-bond acceptors (Lipinski definition) is 3. The number of rotatable bonds is 4. The van der Waals surface area contributed by atoms with Gasteiger partial charge in [0, 0.05) is 12.6 Å². The molecule has 0 spiro atoms. The number of anilines is 1. The minimum absolute atomic E-state index is 0.0540. The maximum absolute atomic E-state index is 12.1. The van der Waals surface area contributed by atoms with Crippen LogP contribution in [0.2, 0.25) is 0 Å². The molecule has 0 bridgehead atoms. The van der Waals surface area contributed by atoms with Gasteiger partial charge >= 0.3 is 0 Å². The molecular formula is C14H21N3O. The van der Waals surface area contributed by atoms with Crippen LogP contribution < -0.4 is 10.6 Å². The molecule has 0 atom stereocenters. The largest absolute Gasteiger partial charge is 0.370 e. The summed E-state index contributed by atoms with van der Waals surface area (Å²) in [5.41, 5.74) is 0.499. The van der Waals surface area contributed by atoms with Gasteiger partial charge in [-0.1, -0.05) is 25.3 Å². The van der Waals surface area contributed by atoms with Gasteiger partial charge in [-0.15, -0.1) is 0 Å². The Morgan fingerprint density at radius 3 is 2.83 bits per heavy atom. The second kappa shape index (κ2) is 6.38. The van der Waals surface area contributed by atoms with Gasteiger partial charge in [0.1, 0.15) is 11.5 Å². The van der Waals surface area contributed by atoms with Crippen molar-refractivity contribution < 1.29 is 4.79 Å². The molecule has 1 saturated carbocycles. The maximum Gasteiger partial charge on any atom is 0.270 e. The van der Waals surface area contributed by atoms with E-state index in [-0.39, 0.29) is 5.91 Å². The first-order valence-electron chi connectivity index (χ1n) is 6.81. The van der Waals surface area contributed by atoms with Crippen molar-refractivity contribution in [2.45, 2.75) is 45.1 Å². The molecule has 2 rings (SSSR count). The van der Waals surface area contributed by atoms with Crippen LogP contribution in [0, 0.1) is 0 Å². The highest BCUT2D eigenvalue weighted by Gasteiger charge is 2.17. The Morgan fingerprint density at radius 1 is 1.33 bits per heavy atom. The normalized spacial score (nSPS) is 16.3. The minimum atomic E-state index is -0.0540. The molecule has 0 aliphatic heterocycles. The third kappa shape index (κ3) is 3.45. The van der Waals surface area contributed by atoms with E-state index in [1.165, 1.54) is 19.3 Å². The van der Waals surface area contributed by atoms with Crippen LogP contribution in [0.5, 0.6) is 0 Å². The van der Waals surface area contributed by atoms with Crippen LogP contribution in [0.15, 0.2) is 18.2 Å². The predicted octanol–water partition coefficient (Wildman–Crippen LogP) is 2.58. The van der Waals surface area contributed by atoms with Crippen LogP contribution in [0.25, 0.3) is 0 Å². The fraction of sp³-hybridized carbons (Fsp3) is 0.571. The number of amides is 1. The number of pyridine rings is 1. The Morgan fingerprint density at radius 2 is 2.11 bits per heavy atom. The highest BCUT2D eigenvalue weighted by Crippen LogP contribution is 2.17. The molecule has 1 aliphatic rings. The van der Waals surface area contributed by atoms with Crippen molar-refractivity contribution in [1.82, 2.24) is 10.3 Å². The van der Waals surface area contributed by atoms with Crippen molar-refractivity contribution in [2.75, 3.05) is 11.9 Å². The van der Waals surface area contributed by atoms with E-state index in [1.54, 1.807) is 6.07 Å². The number of nitrogens with zero attached hydrogens (tertiary/aromatic N) is 1. The highest BCUT2D eigenvalue weighted by atomic mass is 16.1. The van der Waals surface area contributed by atoms with E-state index in [9.17, 15) is 4.79 Å². The van der Waals surface area contributed by atoms with Crippen LogP contribution in [0.1, 0.15) is 49.5 Å². The maximum atomic E-state index is 12.1. The SMILES string of the molecule is CCNc1cccc(C(=O)NC2CCCCC2)n1. The van der Waals surface area contributed by atoms with Crippen molar-refractivity contribution >= 4 is 11.7 Å². The first-order chi connectivity index (χ1) is 8.79. The lowest BCUT2D eigenvalue weighted by atomic mass is 9.95. The Kier molecular flexibility index (Phi) is 4.56. The van der Waals surface area contributed by atoms with Gasteiger partial charge in [-0.05, 0) is 31.9 Å². The van der Waals surface area contributed by atoms with Gasteiger partial charge in [0.05, 0.1) is 0 Å². The van der Waals surface area contributed by atoms with Crippen LogP contribution in [0.3, 0.4) is 0 Å². The molecule has 0 unspecified atom stereocenters. The summed E-state index contributed by atoms with van der Waals surface area (Å²) in [6, 6.07) is 5.83. The van der Waals surface area contributed by atoms with E-state index in [0.717, 1.165) is 25.2 Å². The van der Waals surface area contributed by atoms with Gasteiger partial charge < -0.3 is 10.6 Å². The van der Waals surface area contributed by atoms with E-state index in [2.05, 4.69) is 15.6 Å². The number of aromatic nitrogens is 1. The van der Waals surface area contributed by atoms with E-state index in [1.807, 2.05) is 19.1 Å². The lowest BCUT2D eigenvalue weighted by molar-refractivity contribution is 0.0923. The van der Waals surface area contributed by atoms with Crippen molar-refractivity contribution in [2.24, 2.45) is 0 Å². The van der Waals surface area contributed by atoms with E-state index < -0.39 is 0 Å². The van der Waals surface area contributed by atoms with E-state index >= 15 is 0 Å². The number of carbonyl (C=O) groups is 1. The molecule has 1 aromatic heterocycles. The molecule has 98 valence electrons. The summed E-state index contributed by atoms with van der Waals surface area (Å²) in [5.74, 6) is 0.704. The van der Waals surface area contributed by atoms with Gasteiger partial charge in [-0.3, -0.25) is 4.79 Å². The average Bonchev–Trinajstić information content (AvgIpc) is 2.40. The Labute approximate surface area is 108 Å². The quantitative estimate of drug-likeness (QED) is 0.859. The van der Waals surface area contributed by atoms with Crippen LogP contribution >= 0.6 is 0 Å². The molecule has 4 nitrogen and oxygen atoms in total. The smallest absolute Gasteiger partial charge is 0.270 e. The second-order valence-corrected chi connectivity index (χ2v) is 4.75. The van der Waals surface area contributed by atoms with Gasteiger partial charge in [0.15, 0.2) is 0 Å². The molecule has 1 aliphatic carbocycles. The monoisotopic (exact) mass is 247 g/mol. The zero-order chi connectivity index (χ0) is 12.8. The summed E-state index contributed by atoms with van der Waals surface area (Å²) in [6.45, 7) is 2.82. The summed E-state index contributed by atoms with van der Waals surface area (Å²) < 4.78 is 0. The van der Waals surface area contributed by atoms with Crippen molar-refractivity contribution in [3.63, 3.8) is 0 Å². The summed E-state index contributed by atoms with van der Waals surface area (Å²) in [7, 11) is 0. The molecule has 0 aromatic carbocycles. The average molecular weight is 247 g/mol. The molecule has 1 heterocycles. The van der Waals surface area contributed by atoms with Crippen molar-refractivity contribution in [3.8, 4) is 0 Å². The van der Waals surface area contributed by atoms with Crippen LogP contribution in [-0.2, 0) is 0 Å². The zero-order valence-electron chi connectivity index (χ0n) is 10.9. The Bertz CT molecular complexity index is 400. The lowest BCUT2D eigenvalue weighted by Gasteiger charge is -2.22. The summed E-state index contributed by atoms with van der Waals surface area (Å²) in [5, 5.41) is 6.19. The number of nitrogens with one attached hydrogen (secondary N) is 2. The minimum Gasteiger partial charge on any atom is -0.370 e. The van der Waals surface area contributed by atoms with Crippen molar-refractivity contribution in [1.29, 1.82) is 0 Å². The zero-order valence-corrected chi connectivity index (χ0v) is 10.9. The molecule has 1 aromatic rings. The standard InChI is InChI=1S/C14H21N3O/c1-2-15-13-10-6-9-12(17-13)14(18)16-11-7-4-3-5-8-11/h6,9-11H,2-5,7-8H2,1H3,(H,15,17)(H,16,18). The summed E-state index contributed by atoms with van der Waals surface area (Å²) in [6.07, 6.45) is 5.92. The predicted molar refractivity (Wildman–Crippen MR) is 72.7 cm³/mol. The highest BCUT2D eigenvalue weighted by molar-refractivity contribution is 5.92. The molecule has 0 saturated heterocycles. The number of carbonyl (C=O) groups excluding carboxylic acids is 1. The molecule has 2 N–H and O–H groups in total. The molecule has 18 heavy (non-hydrogen) atoms.